The molecule has 0 bridgehead atoms. The van der Waals surface area contributed by atoms with E-state index >= 15 is 0 Å². The third-order valence-corrected chi connectivity index (χ3v) is 7.02. The Morgan fingerprint density at radius 2 is 1.78 bits per heavy atom. The van der Waals surface area contributed by atoms with Crippen molar-refractivity contribution in [2.75, 3.05) is 6.54 Å². The minimum absolute atomic E-state index is 0.0923. The number of hydrogen-bond donors (Lipinski definition) is 0. The van der Waals surface area contributed by atoms with Crippen molar-refractivity contribution in [3.8, 4) is 17.5 Å². The Kier molecular flexibility index (Phi) is 8.10. The van der Waals surface area contributed by atoms with E-state index in [1.807, 2.05) is 41.8 Å². The molecule has 36 heavy (non-hydrogen) atoms. The quantitative estimate of drug-likeness (QED) is 0.137. The number of nitro groups is 1. The fourth-order valence-corrected chi connectivity index (χ4v) is 5.34. The molecule has 3 aromatic carbocycles. The van der Waals surface area contributed by atoms with Gasteiger partial charge in [0.15, 0.2) is 10.9 Å². The van der Waals surface area contributed by atoms with Gasteiger partial charge in [0, 0.05) is 16.2 Å². The predicted molar refractivity (Wildman–Crippen MR) is 139 cm³/mol. The topological polar surface area (TPSA) is 107 Å². The highest BCUT2D eigenvalue weighted by atomic mass is 35.5. The molecule has 1 atom stereocenters. The molecule has 0 saturated heterocycles. The number of halogens is 2. The number of nitriles is 1. The minimum Gasteiger partial charge on any atom is -0.486 e. The van der Waals surface area contributed by atoms with Crippen molar-refractivity contribution >= 4 is 35.0 Å². The van der Waals surface area contributed by atoms with Gasteiger partial charge in [-0.1, -0.05) is 71.4 Å². The lowest BCUT2D eigenvalue weighted by molar-refractivity contribution is -0.479. The van der Waals surface area contributed by atoms with E-state index in [9.17, 15) is 15.4 Å². The van der Waals surface area contributed by atoms with Crippen molar-refractivity contribution in [1.29, 1.82) is 5.26 Å². The summed E-state index contributed by atoms with van der Waals surface area (Å²) in [5, 5.41) is 29.5. The zero-order valence-electron chi connectivity index (χ0n) is 19.0. The molecule has 0 unspecified atom stereocenters. The van der Waals surface area contributed by atoms with Gasteiger partial charge >= 0.3 is 0 Å². The number of ether oxygens (including phenoxy) is 1. The smallest absolute Gasteiger partial charge is 0.220 e. The van der Waals surface area contributed by atoms with E-state index in [1.165, 1.54) is 11.8 Å². The van der Waals surface area contributed by atoms with E-state index in [2.05, 4.69) is 16.3 Å². The molecule has 0 aliphatic carbocycles. The first-order valence-electron chi connectivity index (χ1n) is 10.7. The number of nitrogens with zero attached hydrogens (tertiary/aromatic N) is 5. The predicted octanol–water partition coefficient (Wildman–Crippen LogP) is 6.44. The Morgan fingerprint density at radius 3 is 2.44 bits per heavy atom. The zero-order chi connectivity index (χ0) is 25.7. The molecular weight excluding hydrogens is 521 g/mol. The number of benzene rings is 3. The summed E-state index contributed by atoms with van der Waals surface area (Å²) in [4.78, 5) is 11.1. The lowest BCUT2D eigenvalue weighted by atomic mass is 10.1. The van der Waals surface area contributed by atoms with Gasteiger partial charge in [0.25, 0.3) is 0 Å². The summed E-state index contributed by atoms with van der Waals surface area (Å²) >= 11 is 14.2. The van der Waals surface area contributed by atoms with Crippen LogP contribution in [0, 0.1) is 28.4 Å². The lowest BCUT2D eigenvalue weighted by Crippen LogP contribution is -2.11. The van der Waals surface area contributed by atoms with Gasteiger partial charge in [0.1, 0.15) is 17.7 Å². The summed E-state index contributed by atoms with van der Waals surface area (Å²) in [5.74, 6) is 0.893. The second-order valence-electron chi connectivity index (χ2n) is 7.69. The molecule has 1 aromatic heterocycles. The first-order chi connectivity index (χ1) is 17.4. The van der Waals surface area contributed by atoms with Gasteiger partial charge in [-0.2, -0.15) is 5.26 Å². The van der Waals surface area contributed by atoms with E-state index < -0.39 is 10.2 Å². The highest BCUT2D eigenvalue weighted by molar-refractivity contribution is 7.99. The number of hydrogen-bond acceptors (Lipinski definition) is 7. The van der Waals surface area contributed by atoms with Crippen LogP contribution < -0.4 is 4.74 Å². The summed E-state index contributed by atoms with van der Waals surface area (Å²) in [6.07, 6.45) is 0. The van der Waals surface area contributed by atoms with Gasteiger partial charge in [0.2, 0.25) is 6.54 Å². The van der Waals surface area contributed by atoms with Crippen molar-refractivity contribution in [3.63, 3.8) is 0 Å². The van der Waals surface area contributed by atoms with Crippen molar-refractivity contribution in [2.24, 2.45) is 0 Å². The Balaban J connectivity index is 1.62. The van der Waals surface area contributed by atoms with Crippen LogP contribution in [0.2, 0.25) is 10.0 Å². The van der Waals surface area contributed by atoms with E-state index in [1.54, 1.807) is 36.4 Å². The van der Waals surface area contributed by atoms with Crippen molar-refractivity contribution < 1.29 is 9.66 Å². The zero-order valence-corrected chi connectivity index (χ0v) is 21.3. The van der Waals surface area contributed by atoms with Gasteiger partial charge < -0.3 is 4.74 Å². The minimum atomic E-state index is -0.644. The summed E-state index contributed by atoms with van der Waals surface area (Å²) in [6.45, 7) is 1.53. The van der Waals surface area contributed by atoms with Crippen LogP contribution in [0.3, 0.4) is 0 Å². The van der Waals surface area contributed by atoms with Crippen LogP contribution in [-0.4, -0.2) is 26.2 Å². The molecule has 0 spiro atoms. The number of aryl methyl sites for hydroxylation is 1. The molecule has 182 valence electrons. The highest BCUT2D eigenvalue weighted by Gasteiger charge is 2.26. The van der Waals surface area contributed by atoms with Gasteiger partial charge in [0.05, 0.1) is 21.7 Å². The van der Waals surface area contributed by atoms with Crippen LogP contribution in [0.4, 0.5) is 0 Å². The Bertz CT molecular complexity index is 1420. The molecule has 11 heteroatoms. The van der Waals surface area contributed by atoms with Crippen LogP contribution in [0.15, 0.2) is 71.9 Å². The molecule has 0 amide bonds. The Morgan fingerprint density at radius 1 is 1.11 bits per heavy atom. The van der Waals surface area contributed by atoms with Gasteiger partial charge in [-0.15, -0.1) is 10.2 Å². The molecule has 1 heterocycles. The lowest BCUT2D eigenvalue weighted by Gasteiger charge is -2.17. The summed E-state index contributed by atoms with van der Waals surface area (Å²) in [7, 11) is 0. The highest BCUT2D eigenvalue weighted by Crippen LogP contribution is 2.42. The molecule has 0 fully saturated rings. The SMILES string of the molecule is Cc1nnc(S[C@H](C[N+](=O)[O-])c2cc(Cl)c(OCc3ccccc3C#N)c(Cl)c2)n1-c1ccccc1. The number of rotatable bonds is 9. The average Bonchev–Trinajstić information content (AvgIpc) is 3.23. The molecule has 0 aliphatic rings. The number of thioether (sulfide) groups is 1. The fourth-order valence-electron chi connectivity index (χ4n) is 3.58. The standard InChI is InChI=1S/C25H19Cl2N5O3S/c1-16-29-30-25(32(16)20-9-3-2-4-10-20)36-23(14-31(33)34)19-11-21(26)24(22(27)12-19)35-15-18-8-6-5-7-17(18)13-28/h2-12,23H,14-15H2,1H3/t23-/m1/s1. The third kappa shape index (κ3) is 5.79. The van der Waals surface area contributed by atoms with Crippen LogP contribution in [0.1, 0.15) is 27.8 Å². The maximum absolute atomic E-state index is 11.5. The molecular formula is C25H19Cl2N5O3S. The van der Waals surface area contributed by atoms with Crippen molar-refractivity contribution in [1.82, 2.24) is 14.8 Å². The van der Waals surface area contributed by atoms with E-state index in [0.717, 1.165) is 5.69 Å². The van der Waals surface area contributed by atoms with Crippen molar-refractivity contribution in [3.05, 3.63) is 109 Å². The monoisotopic (exact) mass is 539 g/mol. The summed E-state index contributed by atoms with van der Waals surface area (Å²) in [5.41, 5.74) is 2.58. The summed E-state index contributed by atoms with van der Waals surface area (Å²) < 4.78 is 7.67. The molecule has 0 aliphatic heterocycles. The van der Waals surface area contributed by atoms with Gasteiger partial charge in [-0.25, -0.2) is 0 Å². The van der Waals surface area contributed by atoms with E-state index in [4.69, 9.17) is 27.9 Å². The van der Waals surface area contributed by atoms with Crippen molar-refractivity contribution in [2.45, 2.75) is 23.9 Å². The summed E-state index contributed by atoms with van der Waals surface area (Å²) in [6, 6.07) is 21.9. The number of aromatic nitrogens is 3. The van der Waals surface area contributed by atoms with Gasteiger partial charge in [-0.05, 0) is 42.8 Å². The Labute approximate surface area is 221 Å². The molecule has 0 saturated carbocycles. The molecule has 0 radical (unpaired) electrons. The molecule has 8 nitrogen and oxygen atoms in total. The van der Waals surface area contributed by atoms with E-state index in [0.29, 0.717) is 27.7 Å². The molecule has 4 aromatic rings. The maximum atomic E-state index is 11.5. The van der Waals surface area contributed by atoms with Crippen LogP contribution >= 0.6 is 35.0 Å². The Hall–Kier alpha value is -3.58. The van der Waals surface area contributed by atoms with E-state index in [-0.39, 0.29) is 28.9 Å². The van der Waals surface area contributed by atoms with Crippen LogP contribution in [-0.2, 0) is 6.61 Å². The third-order valence-electron chi connectivity index (χ3n) is 5.27. The molecule has 0 N–H and O–H groups in total. The maximum Gasteiger partial charge on any atom is 0.220 e. The number of para-hydroxylation sites is 1. The van der Waals surface area contributed by atoms with Crippen LogP contribution in [0.25, 0.3) is 5.69 Å². The molecule has 4 rings (SSSR count). The fraction of sp³-hybridized carbons (Fsp3) is 0.160. The second-order valence-corrected chi connectivity index (χ2v) is 9.68. The second kappa shape index (κ2) is 11.4. The largest absolute Gasteiger partial charge is 0.486 e. The normalized spacial score (nSPS) is 11.6. The van der Waals surface area contributed by atoms with Crippen LogP contribution in [0.5, 0.6) is 5.75 Å². The first kappa shape index (κ1) is 25.5. The first-order valence-corrected chi connectivity index (χ1v) is 12.4. The van der Waals surface area contributed by atoms with Gasteiger partial charge in [-0.3, -0.25) is 14.7 Å². The average molecular weight is 540 g/mol.